The minimum Gasteiger partial charge on any atom is -0.385 e. The van der Waals surface area contributed by atoms with E-state index in [2.05, 4.69) is 0 Å². The van der Waals surface area contributed by atoms with E-state index >= 15 is 0 Å². The highest BCUT2D eigenvalue weighted by molar-refractivity contribution is 7.85. The van der Waals surface area contributed by atoms with Crippen molar-refractivity contribution in [2.75, 3.05) is 38.9 Å². The highest BCUT2D eigenvalue weighted by Crippen LogP contribution is 1.92. The SMILES string of the molecule is COCCCS(=O)CC(N)COC. The summed E-state index contributed by atoms with van der Waals surface area (Å²) in [5.41, 5.74) is 5.64. The van der Waals surface area contributed by atoms with Crippen LogP contribution in [-0.4, -0.2) is 49.2 Å². The van der Waals surface area contributed by atoms with Crippen LogP contribution in [0.3, 0.4) is 0 Å². The Morgan fingerprint density at radius 3 is 2.62 bits per heavy atom. The normalized spacial score (nSPS) is 15.6. The second kappa shape index (κ2) is 8.62. The lowest BCUT2D eigenvalue weighted by Gasteiger charge is -2.09. The van der Waals surface area contributed by atoms with Crippen LogP contribution in [0, 0.1) is 0 Å². The summed E-state index contributed by atoms with van der Waals surface area (Å²) >= 11 is 0. The molecule has 4 nitrogen and oxygen atoms in total. The maximum absolute atomic E-state index is 11.3. The van der Waals surface area contributed by atoms with Gasteiger partial charge in [0.2, 0.25) is 0 Å². The number of methoxy groups -OCH3 is 2. The Kier molecular flexibility index (Phi) is 8.64. The average molecular weight is 209 g/mol. The summed E-state index contributed by atoms with van der Waals surface area (Å²) in [6, 6.07) is -0.117. The molecule has 0 heterocycles. The highest BCUT2D eigenvalue weighted by Gasteiger charge is 2.07. The van der Waals surface area contributed by atoms with Crippen molar-refractivity contribution in [2.45, 2.75) is 12.5 Å². The minimum atomic E-state index is -0.838. The molecule has 0 spiro atoms. The van der Waals surface area contributed by atoms with Crippen molar-refractivity contribution in [3.05, 3.63) is 0 Å². The van der Waals surface area contributed by atoms with E-state index in [-0.39, 0.29) is 6.04 Å². The molecule has 0 bridgehead atoms. The van der Waals surface area contributed by atoms with Crippen LogP contribution in [0.2, 0.25) is 0 Å². The zero-order valence-corrected chi connectivity index (χ0v) is 9.14. The molecule has 0 aliphatic heterocycles. The van der Waals surface area contributed by atoms with Gasteiger partial charge in [0.05, 0.1) is 6.61 Å². The van der Waals surface area contributed by atoms with Crippen LogP contribution in [0.4, 0.5) is 0 Å². The Morgan fingerprint density at radius 1 is 1.38 bits per heavy atom. The fraction of sp³-hybridized carbons (Fsp3) is 1.00. The largest absolute Gasteiger partial charge is 0.385 e. The molecule has 0 saturated carbocycles. The fourth-order valence-corrected chi connectivity index (χ4v) is 2.13. The predicted molar refractivity (Wildman–Crippen MR) is 54.2 cm³/mol. The van der Waals surface area contributed by atoms with Gasteiger partial charge in [-0.3, -0.25) is 4.21 Å². The zero-order valence-electron chi connectivity index (χ0n) is 8.32. The molecule has 0 aromatic rings. The zero-order chi connectivity index (χ0) is 10.1. The molecule has 0 saturated heterocycles. The number of rotatable bonds is 8. The molecule has 80 valence electrons. The summed E-state index contributed by atoms with van der Waals surface area (Å²) in [7, 11) is 2.39. The van der Waals surface area contributed by atoms with E-state index in [0.717, 1.165) is 6.42 Å². The third-order valence-corrected chi connectivity index (χ3v) is 3.05. The Hall–Kier alpha value is 0.0300. The first-order chi connectivity index (χ1) is 6.20. The van der Waals surface area contributed by atoms with Gasteiger partial charge < -0.3 is 15.2 Å². The van der Waals surface area contributed by atoms with Gasteiger partial charge in [-0.25, -0.2) is 0 Å². The molecule has 0 aliphatic carbocycles. The standard InChI is InChI=1S/C8H19NO3S/c1-11-4-3-5-13(10)7-8(9)6-12-2/h8H,3-7,9H2,1-2H3. The van der Waals surface area contributed by atoms with Crippen LogP contribution in [0.1, 0.15) is 6.42 Å². The molecule has 0 amide bonds. The Morgan fingerprint density at radius 2 is 2.08 bits per heavy atom. The average Bonchev–Trinajstić information content (AvgIpc) is 2.05. The van der Waals surface area contributed by atoms with Crippen molar-refractivity contribution >= 4 is 10.8 Å². The molecule has 0 fully saturated rings. The minimum absolute atomic E-state index is 0.117. The van der Waals surface area contributed by atoms with Crippen molar-refractivity contribution in [2.24, 2.45) is 5.73 Å². The van der Waals surface area contributed by atoms with Gasteiger partial charge in [0, 0.05) is 49.2 Å². The molecule has 5 heteroatoms. The van der Waals surface area contributed by atoms with Crippen molar-refractivity contribution in [3.8, 4) is 0 Å². The van der Waals surface area contributed by atoms with Gasteiger partial charge in [-0.15, -0.1) is 0 Å². The van der Waals surface area contributed by atoms with Gasteiger partial charge in [-0.1, -0.05) is 0 Å². The topological polar surface area (TPSA) is 61.5 Å². The van der Waals surface area contributed by atoms with E-state index in [1.165, 1.54) is 0 Å². The molecular formula is C8H19NO3S. The van der Waals surface area contributed by atoms with Gasteiger partial charge in [0.25, 0.3) is 0 Å². The second-order valence-electron chi connectivity index (χ2n) is 2.87. The number of nitrogens with two attached hydrogens (primary N) is 1. The summed E-state index contributed by atoms with van der Waals surface area (Å²) in [5, 5.41) is 0. The smallest absolute Gasteiger partial charge is 0.0622 e. The van der Waals surface area contributed by atoms with E-state index in [0.29, 0.717) is 24.7 Å². The van der Waals surface area contributed by atoms with Gasteiger partial charge in [0.1, 0.15) is 0 Å². The molecule has 0 rings (SSSR count). The first kappa shape index (κ1) is 13.0. The molecule has 13 heavy (non-hydrogen) atoms. The number of hydrogen-bond donors (Lipinski definition) is 1. The number of hydrogen-bond acceptors (Lipinski definition) is 4. The third kappa shape index (κ3) is 8.36. The van der Waals surface area contributed by atoms with E-state index in [4.69, 9.17) is 15.2 Å². The monoisotopic (exact) mass is 209 g/mol. The summed E-state index contributed by atoms with van der Waals surface area (Å²) in [6.45, 7) is 1.13. The lowest BCUT2D eigenvalue weighted by atomic mass is 10.4. The first-order valence-corrected chi connectivity index (χ1v) is 5.78. The lowest BCUT2D eigenvalue weighted by molar-refractivity contribution is 0.186. The lowest BCUT2D eigenvalue weighted by Crippen LogP contribution is -2.32. The third-order valence-electron chi connectivity index (χ3n) is 1.50. The molecule has 0 aromatic heterocycles. The van der Waals surface area contributed by atoms with Crippen molar-refractivity contribution in [3.63, 3.8) is 0 Å². The Labute approximate surface area is 82.2 Å². The van der Waals surface area contributed by atoms with Gasteiger partial charge >= 0.3 is 0 Å². The molecule has 2 N–H and O–H groups in total. The predicted octanol–water partition coefficient (Wildman–Crippen LogP) is -0.255. The van der Waals surface area contributed by atoms with E-state index in [1.807, 2.05) is 0 Å². The summed E-state index contributed by atoms with van der Waals surface area (Å²) in [4.78, 5) is 0. The van der Waals surface area contributed by atoms with E-state index < -0.39 is 10.8 Å². The van der Waals surface area contributed by atoms with Crippen LogP contribution in [-0.2, 0) is 20.3 Å². The highest BCUT2D eigenvalue weighted by atomic mass is 32.2. The van der Waals surface area contributed by atoms with Crippen molar-refractivity contribution in [1.29, 1.82) is 0 Å². The number of ether oxygens (including phenoxy) is 2. The van der Waals surface area contributed by atoms with Gasteiger partial charge in [0.15, 0.2) is 0 Å². The van der Waals surface area contributed by atoms with E-state index in [1.54, 1.807) is 14.2 Å². The van der Waals surface area contributed by atoms with Gasteiger partial charge in [-0.05, 0) is 6.42 Å². The Balaban J connectivity index is 3.38. The first-order valence-electron chi connectivity index (χ1n) is 4.29. The Bertz CT molecular complexity index is 143. The van der Waals surface area contributed by atoms with Crippen molar-refractivity contribution < 1.29 is 13.7 Å². The maximum atomic E-state index is 11.3. The van der Waals surface area contributed by atoms with Crippen LogP contribution in [0.25, 0.3) is 0 Å². The summed E-state index contributed by atoms with van der Waals surface area (Å²) < 4.78 is 21.0. The maximum Gasteiger partial charge on any atom is 0.0622 e. The molecule has 0 aliphatic rings. The molecule has 2 atom stereocenters. The fourth-order valence-electron chi connectivity index (χ4n) is 0.949. The summed E-state index contributed by atoms with van der Waals surface area (Å²) in [5.74, 6) is 1.17. The van der Waals surface area contributed by atoms with Gasteiger partial charge in [-0.2, -0.15) is 0 Å². The van der Waals surface area contributed by atoms with Crippen LogP contribution < -0.4 is 5.73 Å². The quantitative estimate of drug-likeness (QED) is 0.560. The van der Waals surface area contributed by atoms with Crippen LogP contribution in [0.5, 0.6) is 0 Å². The van der Waals surface area contributed by atoms with Crippen LogP contribution >= 0.6 is 0 Å². The molecule has 0 radical (unpaired) electrons. The van der Waals surface area contributed by atoms with Crippen molar-refractivity contribution in [1.82, 2.24) is 0 Å². The van der Waals surface area contributed by atoms with Crippen LogP contribution in [0.15, 0.2) is 0 Å². The van der Waals surface area contributed by atoms with E-state index in [9.17, 15) is 4.21 Å². The molecule has 0 aromatic carbocycles. The molecule has 2 unspecified atom stereocenters. The molecular weight excluding hydrogens is 190 g/mol. The summed E-state index contributed by atoms with van der Waals surface area (Å²) in [6.07, 6.45) is 0.822. The second-order valence-corrected chi connectivity index (χ2v) is 4.49.